The Labute approximate surface area is 228 Å². The first-order valence-electron chi connectivity index (χ1n) is 12.5. The molecule has 1 fully saturated rings. The van der Waals surface area contributed by atoms with Crippen molar-refractivity contribution >= 4 is 49.7 Å². The van der Waals surface area contributed by atoms with Crippen molar-refractivity contribution in [2.75, 3.05) is 36.8 Å². The number of anilines is 2. The summed E-state index contributed by atoms with van der Waals surface area (Å²) in [4.78, 5) is 44.3. The Hall–Kier alpha value is -3.94. The first-order valence-corrected chi connectivity index (χ1v) is 14.8. The van der Waals surface area contributed by atoms with Crippen molar-refractivity contribution in [1.29, 1.82) is 0 Å². The number of benzene rings is 2. The van der Waals surface area contributed by atoms with E-state index in [-0.39, 0.29) is 9.90 Å². The molecule has 0 radical (unpaired) electrons. The molecule has 204 valence electrons. The molecule has 2 aromatic carbocycles. The number of likely N-dealkylation sites (tertiary alicyclic amines) is 1. The number of urea groups is 1. The van der Waals surface area contributed by atoms with Gasteiger partial charge in [-0.1, -0.05) is 0 Å². The zero-order valence-electron chi connectivity index (χ0n) is 21.2. The van der Waals surface area contributed by atoms with Gasteiger partial charge in [-0.2, -0.15) is 0 Å². The van der Waals surface area contributed by atoms with Crippen LogP contribution >= 0.6 is 11.3 Å². The predicted octanol–water partition coefficient (Wildman–Crippen LogP) is 3.07. The number of nitrogens with one attached hydrogen (secondary N) is 4. The average Bonchev–Trinajstić information content (AvgIpc) is 3.57. The van der Waals surface area contributed by atoms with Crippen LogP contribution in [0.15, 0.2) is 68.4 Å². The molecule has 0 atom stereocenters. The lowest BCUT2D eigenvalue weighted by atomic mass is 10.2. The summed E-state index contributed by atoms with van der Waals surface area (Å²) in [6.07, 6.45) is 2.47. The van der Waals surface area contributed by atoms with Gasteiger partial charge < -0.3 is 20.5 Å². The molecule has 4 aromatic rings. The fourth-order valence-electron chi connectivity index (χ4n) is 4.51. The summed E-state index contributed by atoms with van der Waals surface area (Å²) in [7, 11) is -4.00. The van der Waals surface area contributed by atoms with Crippen LogP contribution in [0.5, 0.6) is 0 Å². The number of amides is 2. The quantitative estimate of drug-likeness (QED) is 0.256. The molecule has 0 bridgehead atoms. The highest BCUT2D eigenvalue weighted by Gasteiger charge is 2.19. The lowest BCUT2D eigenvalue weighted by Gasteiger charge is -2.15. The molecule has 39 heavy (non-hydrogen) atoms. The number of H-pyrrole nitrogens is 1. The van der Waals surface area contributed by atoms with Gasteiger partial charge in [-0.15, -0.1) is 11.3 Å². The lowest BCUT2D eigenvalue weighted by Crippen LogP contribution is -2.34. The first-order chi connectivity index (χ1) is 18.7. The summed E-state index contributed by atoms with van der Waals surface area (Å²) in [5, 5.41) is 6.15. The molecule has 13 heteroatoms. The van der Waals surface area contributed by atoms with Crippen LogP contribution in [0.2, 0.25) is 0 Å². The number of hydrogen-bond donors (Lipinski definition) is 4. The zero-order chi connectivity index (χ0) is 27.6. The monoisotopic (exact) mass is 568 g/mol. The highest BCUT2D eigenvalue weighted by Crippen LogP contribution is 2.21. The Morgan fingerprint density at radius 2 is 1.72 bits per heavy atom. The van der Waals surface area contributed by atoms with Crippen LogP contribution in [-0.2, 0) is 10.0 Å². The maximum atomic E-state index is 13.2. The molecule has 5 rings (SSSR count). The van der Waals surface area contributed by atoms with Gasteiger partial charge in [0.25, 0.3) is 15.6 Å². The Bertz CT molecular complexity index is 1740. The van der Waals surface area contributed by atoms with Crippen molar-refractivity contribution in [1.82, 2.24) is 19.2 Å². The summed E-state index contributed by atoms with van der Waals surface area (Å²) < 4.78 is 27.7. The second kappa shape index (κ2) is 11.0. The average molecular weight is 569 g/mol. The molecule has 11 nitrogen and oxygen atoms in total. The van der Waals surface area contributed by atoms with E-state index in [4.69, 9.17) is 0 Å². The van der Waals surface area contributed by atoms with E-state index in [1.807, 2.05) is 10.8 Å². The second-order valence-corrected chi connectivity index (χ2v) is 12.5. The van der Waals surface area contributed by atoms with Crippen molar-refractivity contribution in [3.05, 3.63) is 80.3 Å². The number of aromatic amines is 1. The highest BCUT2D eigenvalue weighted by molar-refractivity contribution is 7.92. The summed E-state index contributed by atoms with van der Waals surface area (Å²) in [5.74, 6) is 0. The molecular formula is C26H28N6O5S2. The lowest BCUT2D eigenvalue weighted by molar-refractivity contribution is 0.256. The van der Waals surface area contributed by atoms with Gasteiger partial charge in [0.2, 0.25) is 0 Å². The minimum absolute atomic E-state index is 0.0328. The normalized spacial score (nSPS) is 14.0. The Morgan fingerprint density at radius 1 is 1.00 bits per heavy atom. The summed E-state index contributed by atoms with van der Waals surface area (Å²) in [6.45, 7) is 5.71. The minimum Gasteiger partial charge on any atom is -0.384 e. The van der Waals surface area contributed by atoms with Gasteiger partial charge in [0.15, 0.2) is 0 Å². The third kappa shape index (κ3) is 6.05. The third-order valence-electron chi connectivity index (χ3n) is 6.44. The zero-order valence-corrected chi connectivity index (χ0v) is 22.8. The molecule has 1 saturated heterocycles. The van der Waals surface area contributed by atoms with E-state index in [0.717, 1.165) is 52.6 Å². The summed E-state index contributed by atoms with van der Waals surface area (Å²) in [5.41, 5.74) is 0.752. The fraction of sp³-hybridized carbons (Fsp3) is 0.269. The van der Waals surface area contributed by atoms with E-state index < -0.39 is 27.3 Å². The third-order valence-corrected chi connectivity index (χ3v) is 9.27. The van der Waals surface area contributed by atoms with Crippen molar-refractivity contribution < 1.29 is 13.2 Å². The van der Waals surface area contributed by atoms with Gasteiger partial charge in [0.05, 0.1) is 16.6 Å². The van der Waals surface area contributed by atoms with Crippen molar-refractivity contribution in [2.45, 2.75) is 24.0 Å². The molecule has 1 aliphatic heterocycles. The van der Waals surface area contributed by atoms with Crippen LogP contribution in [0.1, 0.15) is 17.7 Å². The number of hydrogen-bond acceptors (Lipinski definition) is 8. The van der Waals surface area contributed by atoms with Gasteiger partial charge in [0, 0.05) is 29.3 Å². The van der Waals surface area contributed by atoms with Gasteiger partial charge >= 0.3 is 11.7 Å². The molecule has 0 aliphatic carbocycles. The van der Waals surface area contributed by atoms with E-state index in [1.165, 1.54) is 43.2 Å². The Kier molecular flexibility index (Phi) is 7.55. The SMILES string of the molecule is Cc1ccc(S(=O)(=O)NC(=O)Nc2ccc(-n3c(=O)[nH]c4cc(NCCN5CCCC5)ccc4c3=O)cc2)s1. The number of aryl methyl sites for hydroxylation is 1. The number of thiophene rings is 1. The van der Waals surface area contributed by atoms with Crippen LogP contribution in [0, 0.1) is 6.92 Å². The molecule has 2 aromatic heterocycles. The van der Waals surface area contributed by atoms with E-state index >= 15 is 0 Å². The van der Waals surface area contributed by atoms with E-state index in [0.29, 0.717) is 16.6 Å². The molecule has 1 aliphatic rings. The maximum absolute atomic E-state index is 13.2. The predicted molar refractivity (Wildman–Crippen MR) is 153 cm³/mol. The summed E-state index contributed by atoms with van der Waals surface area (Å²) in [6, 6.07) is 13.3. The Balaban J connectivity index is 1.28. The van der Waals surface area contributed by atoms with E-state index in [9.17, 15) is 22.8 Å². The molecule has 0 unspecified atom stereocenters. The highest BCUT2D eigenvalue weighted by atomic mass is 32.2. The number of carbonyl (C=O) groups is 1. The topological polar surface area (TPSA) is 145 Å². The van der Waals surface area contributed by atoms with Crippen LogP contribution in [-0.4, -0.2) is 55.1 Å². The Morgan fingerprint density at radius 3 is 2.41 bits per heavy atom. The fourth-order valence-corrected chi connectivity index (χ4v) is 6.70. The van der Waals surface area contributed by atoms with Crippen LogP contribution < -0.4 is 26.6 Å². The van der Waals surface area contributed by atoms with Crippen molar-refractivity contribution in [3.63, 3.8) is 0 Å². The van der Waals surface area contributed by atoms with Gasteiger partial charge in [-0.3, -0.25) is 4.79 Å². The second-order valence-electron chi connectivity index (χ2n) is 9.28. The van der Waals surface area contributed by atoms with Gasteiger partial charge in [0.1, 0.15) is 4.21 Å². The van der Waals surface area contributed by atoms with Gasteiger partial charge in [-0.25, -0.2) is 27.3 Å². The molecule has 4 N–H and O–H groups in total. The largest absolute Gasteiger partial charge is 0.384 e. The van der Waals surface area contributed by atoms with Crippen LogP contribution in [0.25, 0.3) is 16.6 Å². The first kappa shape index (κ1) is 26.7. The molecule has 0 spiro atoms. The van der Waals surface area contributed by atoms with Gasteiger partial charge in [-0.05, 0) is 87.5 Å². The number of nitrogens with zero attached hydrogens (tertiary/aromatic N) is 2. The van der Waals surface area contributed by atoms with E-state index in [1.54, 1.807) is 25.1 Å². The number of rotatable bonds is 8. The number of sulfonamides is 1. The van der Waals surface area contributed by atoms with Crippen molar-refractivity contribution in [2.24, 2.45) is 0 Å². The maximum Gasteiger partial charge on any atom is 0.333 e. The van der Waals surface area contributed by atoms with Crippen molar-refractivity contribution in [3.8, 4) is 5.69 Å². The number of fused-ring (bicyclic) bond motifs is 1. The van der Waals surface area contributed by atoms with Crippen LogP contribution in [0.3, 0.4) is 0 Å². The molecule has 0 saturated carbocycles. The number of aromatic nitrogens is 2. The number of carbonyl (C=O) groups excluding carboxylic acids is 1. The standard InChI is InChI=1S/C26H28N6O5S2/c1-17-4-11-23(38-17)39(36,37)30-25(34)28-18-5-8-20(9-6-18)32-24(33)21-10-7-19(16-22(21)29-26(32)35)27-12-15-31-13-2-3-14-31/h4-11,16,27H,2-3,12-15H2,1H3,(H,29,35)(H2,28,30,34). The van der Waals surface area contributed by atoms with E-state index in [2.05, 4.69) is 20.5 Å². The minimum atomic E-state index is -4.00. The molecular weight excluding hydrogens is 540 g/mol. The molecule has 3 heterocycles. The smallest absolute Gasteiger partial charge is 0.333 e. The van der Waals surface area contributed by atoms with Crippen LogP contribution in [0.4, 0.5) is 16.2 Å². The summed E-state index contributed by atoms with van der Waals surface area (Å²) >= 11 is 1.05. The molecule has 2 amide bonds.